The molecule has 0 aliphatic rings. The summed E-state index contributed by atoms with van der Waals surface area (Å²) in [5, 5.41) is 7.71. The monoisotopic (exact) mass is 436 g/mol. The van der Waals surface area contributed by atoms with Crippen molar-refractivity contribution in [3.63, 3.8) is 0 Å². The fourth-order valence-electron chi connectivity index (χ4n) is 4.08. The Morgan fingerprint density at radius 2 is 1.85 bits per heavy atom. The number of fused-ring (bicyclic) bond motifs is 2. The number of hydrogen-bond acceptors (Lipinski definition) is 4. The van der Waals surface area contributed by atoms with E-state index < -0.39 is 0 Å². The van der Waals surface area contributed by atoms with Gasteiger partial charge in [0.1, 0.15) is 17.0 Å². The van der Waals surface area contributed by atoms with Crippen LogP contribution < -0.4 is 0 Å². The van der Waals surface area contributed by atoms with Gasteiger partial charge >= 0.3 is 0 Å². The molecule has 1 aromatic carbocycles. The van der Waals surface area contributed by atoms with Gasteiger partial charge in [-0.2, -0.15) is 5.10 Å². The van der Waals surface area contributed by atoms with Crippen LogP contribution in [0.15, 0.2) is 79.3 Å². The standard InChI is InChI=1S/C26H21FN6/c1-4-6-15(3)17(5-2)18-7-8-19-21(22(18)27)25(33-32-19)26-30-20-11-14-29-23(24(20)31-26)16-9-12-28-13-10-16/h4-14H,1H2,2-3H3,(H,30,31)(H,32,33)/b15-6-,17-5+. The second kappa shape index (κ2) is 8.27. The van der Waals surface area contributed by atoms with Gasteiger partial charge in [-0.1, -0.05) is 24.8 Å². The molecule has 4 aromatic heterocycles. The lowest BCUT2D eigenvalue weighted by Crippen LogP contribution is -1.94. The molecule has 0 aliphatic heterocycles. The van der Waals surface area contributed by atoms with Crippen molar-refractivity contribution in [1.82, 2.24) is 30.1 Å². The van der Waals surface area contributed by atoms with E-state index in [2.05, 4.69) is 31.7 Å². The molecular weight excluding hydrogens is 415 g/mol. The van der Waals surface area contributed by atoms with Gasteiger partial charge in [-0.3, -0.25) is 15.1 Å². The van der Waals surface area contributed by atoms with Crippen LogP contribution in [0.1, 0.15) is 19.4 Å². The number of halogens is 1. The zero-order chi connectivity index (χ0) is 22.9. The topological polar surface area (TPSA) is 83.1 Å². The highest BCUT2D eigenvalue weighted by Crippen LogP contribution is 2.35. The van der Waals surface area contributed by atoms with Gasteiger partial charge < -0.3 is 4.98 Å². The quantitative estimate of drug-likeness (QED) is 0.320. The number of H-pyrrole nitrogens is 2. The smallest absolute Gasteiger partial charge is 0.159 e. The average Bonchev–Trinajstić information content (AvgIpc) is 3.46. The Morgan fingerprint density at radius 3 is 2.61 bits per heavy atom. The van der Waals surface area contributed by atoms with E-state index in [1.165, 1.54) is 0 Å². The van der Waals surface area contributed by atoms with Crippen molar-refractivity contribution in [2.75, 3.05) is 0 Å². The van der Waals surface area contributed by atoms with Crippen LogP contribution in [0.2, 0.25) is 0 Å². The SMILES string of the molecule is C=C/C=C(C)\C(=C/C)c1ccc2[nH]nc(-c3nc4c(-c5ccncc5)nccc4[nH]3)c2c1F. The minimum absolute atomic E-state index is 0.353. The predicted octanol–water partition coefficient (Wildman–Crippen LogP) is 6.24. The van der Waals surface area contributed by atoms with Crippen molar-refractivity contribution >= 4 is 27.5 Å². The Bertz CT molecular complexity index is 1560. The van der Waals surface area contributed by atoms with Gasteiger partial charge in [0.15, 0.2) is 5.82 Å². The first-order valence-corrected chi connectivity index (χ1v) is 10.5. The normalized spacial score (nSPS) is 12.6. The Kier molecular flexibility index (Phi) is 5.14. The third-order valence-electron chi connectivity index (χ3n) is 5.62. The van der Waals surface area contributed by atoms with Gasteiger partial charge in [0, 0.05) is 29.7 Å². The highest BCUT2D eigenvalue weighted by molar-refractivity contribution is 5.98. The summed E-state index contributed by atoms with van der Waals surface area (Å²) in [5.74, 6) is 0.116. The van der Waals surface area contributed by atoms with E-state index >= 15 is 4.39 Å². The molecule has 0 fully saturated rings. The molecule has 0 atom stereocenters. The summed E-state index contributed by atoms with van der Waals surface area (Å²) in [4.78, 5) is 16.6. The molecule has 0 saturated carbocycles. The zero-order valence-electron chi connectivity index (χ0n) is 18.2. The molecule has 33 heavy (non-hydrogen) atoms. The van der Waals surface area contributed by atoms with Gasteiger partial charge in [0.05, 0.1) is 22.1 Å². The van der Waals surface area contributed by atoms with Crippen LogP contribution in [0.3, 0.4) is 0 Å². The number of pyridine rings is 2. The highest BCUT2D eigenvalue weighted by atomic mass is 19.1. The minimum Gasteiger partial charge on any atom is -0.336 e. The van der Waals surface area contributed by atoms with Crippen LogP contribution in [0.25, 0.3) is 50.3 Å². The number of nitrogens with zero attached hydrogens (tertiary/aromatic N) is 4. The maximum atomic E-state index is 15.9. The van der Waals surface area contributed by atoms with Gasteiger partial charge in [-0.25, -0.2) is 9.37 Å². The van der Waals surface area contributed by atoms with Crippen LogP contribution in [0.4, 0.5) is 4.39 Å². The van der Waals surface area contributed by atoms with Gasteiger partial charge in [-0.05, 0) is 55.3 Å². The summed E-state index contributed by atoms with van der Waals surface area (Å²) in [7, 11) is 0. The number of benzene rings is 1. The fraction of sp³-hybridized carbons (Fsp3) is 0.0769. The first kappa shape index (κ1) is 20.5. The third-order valence-corrected chi connectivity index (χ3v) is 5.62. The number of aromatic amines is 2. The van der Waals surface area contributed by atoms with E-state index in [1.54, 1.807) is 30.7 Å². The second-order valence-electron chi connectivity index (χ2n) is 7.59. The molecule has 0 bridgehead atoms. The first-order chi connectivity index (χ1) is 16.1. The number of aromatic nitrogens is 6. The molecule has 0 spiro atoms. The first-order valence-electron chi connectivity index (χ1n) is 10.5. The molecule has 5 rings (SSSR count). The third kappa shape index (κ3) is 3.43. The molecule has 0 unspecified atom stereocenters. The number of hydrogen-bond donors (Lipinski definition) is 2. The van der Waals surface area contributed by atoms with E-state index in [1.807, 2.05) is 50.3 Å². The largest absolute Gasteiger partial charge is 0.336 e. The molecule has 6 nitrogen and oxygen atoms in total. The average molecular weight is 436 g/mol. The molecule has 5 aromatic rings. The summed E-state index contributed by atoms with van der Waals surface area (Å²) in [6.07, 6.45) is 10.6. The van der Waals surface area contributed by atoms with Crippen LogP contribution in [0.5, 0.6) is 0 Å². The molecule has 0 radical (unpaired) electrons. The van der Waals surface area contributed by atoms with Crippen molar-refractivity contribution in [2.45, 2.75) is 13.8 Å². The van der Waals surface area contributed by atoms with Crippen molar-refractivity contribution < 1.29 is 4.39 Å². The van der Waals surface area contributed by atoms with E-state index in [4.69, 9.17) is 4.98 Å². The van der Waals surface area contributed by atoms with Crippen molar-refractivity contribution in [1.29, 1.82) is 0 Å². The zero-order valence-corrected chi connectivity index (χ0v) is 18.2. The number of nitrogens with one attached hydrogen (secondary N) is 2. The molecule has 0 saturated heterocycles. The molecule has 162 valence electrons. The summed E-state index contributed by atoms with van der Waals surface area (Å²) >= 11 is 0. The number of allylic oxidation sites excluding steroid dienone is 5. The van der Waals surface area contributed by atoms with E-state index in [0.29, 0.717) is 33.5 Å². The summed E-state index contributed by atoms with van der Waals surface area (Å²) in [6, 6.07) is 9.20. The van der Waals surface area contributed by atoms with Crippen LogP contribution in [0, 0.1) is 5.82 Å². The predicted molar refractivity (Wildman–Crippen MR) is 130 cm³/mol. The van der Waals surface area contributed by atoms with E-state index in [9.17, 15) is 0 Å². The van der Waals surface area contributed by atoms with Crippen LogP contribution >= 0.6 is 0 Å². The van der Waals surface area contributed by atoms with E-state index in [-0.39, 0.29) is 5.82 Å². The maximum Gasteiger partial charge on any atom is 0.159 e. The van der Waals surface area contributed by atoms with Gasteiger partial charge in [0.2, 0.25) is 0 Å². The molecule has 2 N–H and O–H groups in total. The Morgan fingerprint density at radius 1 is 1.03 bits per heavy atom. The van der Waals surface area contributed by atoms with Crippen molar-refractivity contribution in [2.24, 2.45) is 0 Å². The van der Waals surface area contributed by atoms with Crippen molar-refractivity contribution in [3.05, 3.63) is 90.7 Å². The molecule has 7 heteroatoms. The lowest BCUT2D eigenvalue weighted by molar-refractivity contribution is 0.636. The summed E-state index contributed by atoms with van der Waals surface area (Å²) in [5.41, 5.74) is 6.34. The lowest BCUT2D eigenvalue weighted by Gasteiger charge is -2.10. The van der Waals surface area contributed by atoms with Gasteiger partial charge in [-0.15, -0.1) is 0 Å². The lowest BCUT2D eigenvalue weighted by atomic mass is 9.96. The van der Waals surface area contributed by atoms with E-state index in [0.717, 1.165) is 27.9 Å². The molecule has 0 amide bonds. The van der Waals surface area contributed by atoms with Gasteiger partial charge in [0.25, 0.3) is 0 Å². The van der Waals surface area contributed by atoms with Crippen LogP contribution in [-0.4, -0.2) is 30.1 Å². The summed E-state index contributed by atoms with van der Waals surface area (Å²) in [6.45, 7) is 7.57. The number of rotatable bonds is 5. The maximum absolute atomic E-state index is 15.9. The van der Waals surface area contributed by atoms with Crippen molar-refractivity contribution in [3.8, 4) is 22.8 Å². The molecule has 4 heterocycles. The summed E-state index contributed by atoms with van der Waals surface area (Å²) < 4.78 is 15.9. The fourth-order valence-corrected chi connectivity index (χ4v) is 4.08. The minimum atomic E-state index is -0.353. The Labute approximate surface area is 189 Å². The highest BCUT2D eigenvalue weighted by Gasteiger charge is 2.21. The van der Waals surface area contributed by atoms with Crippen LogP contribution in [-0.2, 0) is 0 Å². The molecular formula is C26H21FN6. The Balaban J connectivity index is 1.70. The Hall–Kier alpha value is -4.39. The molecule has 0 aliphatic carbocycles. The second-order valence-corrected chi connectivity index (χ2v) is 7.59. The number of imidazole rings is 1.